The lowest BCUT2D eigenvalue weighted by Crippen LogP contribution is -2.15. The average molecular weight is 253 g/mol. The van der Waals surface area contributed by atoms with E-state index in [2.05, 4.69) is 15.5 Å². The number of nitrogens with one attached hydrogen (secondary N) is 1. The molecule has 0 radical (unpaired) electrons. The number of aryl methyl sites for hydroxylation is 1. The standard InChI is InChI=1S/C9H14F3N3S/c1-2-13-6-4-8-15-14-7(16-8)3-5-9(10,11)12/h13H,2-6H2,1H3. The lowest BCUT2D eigenvalue weighted by atomic mass is 10.3. The van der Waals surface area contributed by atoms with Crippen LogP contribution in [0.1, 0.15) is 23.4 Å². The second-order valence-corrected chi connectivity index (χ2v) is 4.45. The first kappa shape index (κ1) is 13.4. The molecule has 1 N–H and O–H groups in total. The van der Waals surface area contributed by atoms with E-state index in [-0.39, 0.29) is 6.42 Å². The highest BCUT2D eigenvalue weighted by Crippen LogP contribution is 2.23. The predicted octanol–water partition coefficient (Wildman–Crippen LogP) is 2.18. The average Bonchev–Trinajstić information content (AvgIpc) is 2.62. The van der Waals surface area contributed by atoms with Crippen LogP contribution in [0.25, 0.3) is 0 Å². The van der Waals surface area contributed by atoms with E-state index in [9.17, 15) is 13.2 Å². The zero-order chi connectivity index (χ0) is 12.0. The largest absolute Gasteiger partial charge is 0.389 e. The second-order valence-electron chi connectivity index (χ2n) is 3.31. The van der Waals surface area contributed by atoms with E-state index in [4.69, 9.17) is 0 Å². The Morgan fingerprint density at radius 3 is 2.38 bits per heavy atom. The van der Waals surface area contributed by atoms with Crippen molar-refractivity contribution >= 4 is 11.3 Å². The van der Waals surface area contributed by atoms with Crippen molar-refractivity contribution in [2.75, 3.05) is 13.1 Å². The number of rotatable bonds is 6. The van der Waals surface area contributed by atoms with Gasteiger partial charge < -0.3 is 5.32 Å². The van der Waals surface area contributed by atoms with Crippen molar-refractivity contribution < 1.29 is 13.2 Å². The van der Waals surface area contributed by atoms with Crippen LogP contribution in [0.5, 0.6) is 0 Å². The molecule has 0 saturated heterocycles. The molecular formula is C9H14F3N3S. The van der Waals surface area contributed by atoms with Crippen molar-refractivity contribution in [2.24, 2.45) is 0 Å². The summed E-state index contributed by atoms with van der Waals surface area (Å²) >= 11 is 1.26. The molecule has 0 aliphatic carbocycles. The van der Waals surface area contributed by atoms with Gasteiger partial charge >= 0.3 is 6.18 Å². The summed E-state index contributed by atoms with van der Waals surface area (Å²) in [5.74, 6) is 0. The Morgan fingerprint density at radius 1 is 1.19 bits per heavy atom. The van der Waals surface area contributed by atoms with Gasteiger partial charge in [0, 0.05) is 25.8 Å². The zero-order valence-electron chi connectivity index (χ0n) is 8.97. The SMILES string of the molecule is CCNCCc1nnc(CCC(F)(F)F)s1. The van der Waals surface area contributed by atoms with E-state index < -0.39 is 12.6 Å². The molecule has 1 aromatic heterocycles. The quantitative estimate of drug-likeness (QED) is 0.790. The van der Waals surface area contributed by atoms with Crippen LogP contribution in [0.3, 0.4) is 0 Å². The van der Waals surface area contributed by atoms with Crippen molar-refractivity contribution in [1.29, 1.82) is 0 Å². The second kappa shape index (κ2) is 6.15. The van der Waals surface area contributed by atoms with Gasteiger partial charge in [0.15, 0.2) is 0 Å². The summed E-state index contributed by atoms with van der Waals surface area (Å²) in [4.78, 5) is 0. The molecule has 7 heteroatoms. The minimum Gasteiger partial charge on any atom is -0.317 e. The highest BCUT2D eigenvalue weighted by atomic mass is 32.1. The molecule has 1 aromatic rings. The van der Waals surface area contributed by atoms with Gasteiger partial charge in [-0.1, -0.05) is 6.92 Å². The Hall–Kier alpha value is -0.690. The van der Waals surface area contributed by atoms with Crippen LogP contribution in [0.15, 0.2) is 0 Å². The molecule has 16 heavy (non-hydrogen) atoms. The van der Waals surface area contributed by atoms with E-state index in [0.29, 0.717) is 5.01 Å². The maximum Gasteiger partial charge on any atom is 0.389 e. The molecule has 0 bridgehead atoms. The summed E-state index contributed by atoms with van der Waals surface area (Å²) in [5, 5.41) is 12.0. The molecule has 0 spiro atoms. The maximum absolute atomic E-state index is 11.9. The minimum atomic E-state index is -4.12. The van der Waals surface area contributed by atoms with Crippen molar-refractivity contribution in [3.8, 4) is 0 Å². The highest BCUT2D eigenvalue weighted by molar-refractivity contribution is 7.11. The lowest BCUT2D eigenvalue weighted by Gasteiger charge is -2.02. The number of alkyl halides is 3. The molecule has 0 unspecified atom stereocenters. The first-order valence-corrected chi connectivity index (χ1v) is 5.91. The summed E-state index contributed by atoms with van der Waals surface area (Å²) in [7, 11) is 0. The number of halogens is 3. The monoisotopic (exact) mass is 253 g/mol. The molecule has 0 aliphatic heterocycles. The summed E-state index contributed by atoms with van der Waals surface area (Å²) in [6, 6.07) is 0. The summed E-state index contributed by atoms with van der Waals surface area (Å²) < 4.78 is 35.8. The Labute approximate surface area is 96.1 Å². The number of nitrogens with zero attached hydrogens (tertiary/aromatic N) is 2. The molecule has 0 aliphatic rings. The number of likely N-dealkylation sites (N-methyl/N-ethyl adjacent to an activating group) is 1. The van der Waals surface area contributed by atoms with Gasteiger partial charge in [-0.05, 0) is 6.54 Å². The van der Waals surface area contributed by atoms with Crippen LogP contribution in [0.2, 0.25) is 0 Å². The van der Waals surface area contributed by atoms with E-state index in [1.165, 1.54) is 11.3 Å². The number of hydrogen-bond acceptors (Lipinski definition) is 4. The predicted molar refractivity (Wildman–Crippen MR) is 56.5 cm³/mol. The van der Waals surface area contributed by atoms with Crippen molar-refractivity contribution in [3.63, 3.8) is 0 Å². The van der Waals surface area contributed by atoms with Gasteiger partial charge in [0.25, 0.3) is 0 Å². The number of hydrogen-bond donors (Lipinski definition) is 1. The van der Waals surface area contributed by atoms with Crippen molar-refractivity contribution in [1.82, 2.24) is 15.5 Å². The topological polar surface area (TPSA) is 37.8 Å². The normalized spacial score (nSPS) is 12.0. The van der Waals surface area contributed by atoms with E-state index in [0.717, 1.165) is 24.5 Å². The van der Waals surface area contributed by atoms with Gasteiger partial charge in [-0.2, -0.15) is 13.2 Å². The molecule has 3 nitrogen and oxygen atoms in total. The molecule has 0 amide bonds. The van der Waals surface area contributed by atoms with Crippen molar-refractivity contribution in [3.05, 3.63) is 10.0 Å². The Morgan fingerprint density at radius 2 is 1.81 bits per heavy atom. The Kier molecular flexibility index (Phi) is 5.14. The van der Waals surface area contributed by atoms with Crippen LogP contribution in [0.4, 0.5) is 13.2 Å². The van der Waals surface area contributed by atoms with Crippen LogP contribution in [-0.2, 0) is 12.8 Å². The fourth-order valence-electron chi connectivity index (χ4n) is 1.11. The zero-order valence-corrected chi connectivity index (χ0v) is 9.79. The van der Waals surface area contributed by atoms with Crippen LogP contribution < -0.4 is 5.32 Å². The van der Waals surface area contributed by atoms with E-state index >= 15 is 0 Å². The van der Waals surface area contributed by atoms with Gasteiger partial charge in [-0.15, -0.1) is 21.5 Å². The maximum atomic E-state index is 11.9. The minimum absolute atomic E-state index is 0.0671. The fourth-order valence-corrected chi connectivity index (χ4v) is 1.95. The molecule has 92 valence electrons. The highest BCUT2D eigenvalue weighted by Gasteiger charge is 2.27. The fraction of sp³-hybridized carbons (Fsp3) is 0.778. The third-order valence-corrected chi connectivity index (χ3v) is 2.94. The van der Waals surface area contributed by atoms with Crippen LogP contribution in [-0.4, -0.2) is 29.5 Å². The van der Waals surface area contributed by atoms with Crippen LogP contribution >= 0.6 is 11.3 Å². The summed E-state index contributed by atoms with van der Waals surface area (Å²) in [5.41, 5.74) is 0. The first-order chi connectivity index (χ1) is 7.51. The summed E-state index contributed by atoms with van der Waals surface area (Å²) in [6.07, 6.45) is -4.29. The van der Waals surface area contributed by atoms with E-state index in [1.807, 2.05) is 6.92 Å². The van der Waals surface area contributed by atoms with Crippen molar-refractivity contribution in [2.45, 2.75) is 32.4 Å². The third kappa shape index (κ3) is 5.41. The van der Waals surface area contributed by atoms with Crippen LogP contribution in [0, 0.1) is 0 Å². The first-order valence-electron chi connectivity index (χ1n) is 5.10. The Balaban J connectivity index is 2.33. The van der Waals surface area contributed by atoms with Gasteiger partial charge in [-0.3, -0.25) is 0 Å². The molecule has 0 saturated carbocycles. The smallest absolute Gasteiger partial charge is 0.317 e. The molecule has 1 heterocycles. The molecule has 1 rings (SSSR count). The Bertz CT molecular complexity index is 311. The summed E-state index contributed by atoms with van der Waals surface area (Å²) in [6.45, 7) is 3.65. The van der Waals surface area contributed by atoms with Gasteiger partial charge in [0.1, 0.15) is 10.0 Å². The third-order valence-electron chi connectivity index (χ3n) is 1.90. The molecule has 0 aromatic carbocycles. The molecular weight excluding hydrogens is 239 g/mol. The van der Waals surface area contributed by atoms with Gasteiger partial charge in [-0.25, -0.2) is 0 Å². The lowest BCUT2D eigenvalue weighted by molar-refractivity contribution is -0.134. The van der Waals surface area contributed by atoms with Gasteiger partial charge in [0.05, 0.1) is 0 Å². The number of aromatic nitrogens is 2. The van der Waals surface area contributed by atoms with E-state index in [1.54, 1.807) is 0 Å². The van der Waals surface area contributed by atoms with Gasteiger partial charge in [0.2, 0.25) is 0 Å². The molecule has 0 fully saturated rings. The molecule has 0 atom stereocenters.